The van der Waals surface area contributed by atoms with Crippen molar-refractivity contribution in [2.75, 3.05) is 5.32 Å². The van der Waals surface area contributed by atoms with E-state index in [0.29, 0.717) is 16.4 Å². The van der Waals surface area contributed by atoms with Gasteiger partial charge in [-0.1, -0.05) is 16.8 Å². The van der Waals surface area contributed by atoms with E-state index in [0.717, 1.165) is 22.0 Å². The second-order valence-electron chi connectivity index (χ2n) is 5.99. The summed E-state index contributed by atoms with van der Waals surface area (Å²) in [5, 5.41) is 8.48. The molecule has 0 saturated carbocycles. The highest BCUT2D eigenvalue weighted by Gasteiger charge is 2.13. The third-order valence-electron chi connectivity index (χ3n) is 4.19. The summed E-state index contributed by atoms with van der Waals surface area (Å²) in [5.41, 5.74) is 3.01. The number of aromatic amines is 1. The number of H-pyrrole nitrogens is 1. The first-order valence-electron chi connectivity index (χ1n) is 8.05. The Labute approximate surface area is 153 Å². The Bertz CT molecular complexity index is 1120. The van der Waals surface area contributed by atoms with Crippen LogP contribution in [0.1, 0.15) is 18.5 Å². The first kappa shape index (κ1) is 16.4. The van der Waals surface area contributed by atoms with E-state index < -0.39 is 0 Å². The lowest BCUT2D eigenvalue weighted by atomic mass is 10.1. The second kappa shape index (κ2) is 6.65. The van der Waals surface area contributed by atoms with Gasteiger partial charge in [-0.15, -0.1) is 0 Å². The molecule has 130 valence electrons. The normalized spacial score (nSPS) is 12.2. The SMILES string of the molecule is C[C@H](Nc1cc(-c2cnoc2)ccn1)c1cc2cc(Cl)ccc2[nH]c1=O. The van der Waals surface area contributed by atoms with Crippen LogP contribution in [-0.2, 0) is 0 Å². The summed E-state index contributed by atoms with van der Waals surface area (Å²) in [7, 11) is 0. The van der Waals surface area contributed by atoms with Crippen molar-refractivity contribution in [3.63, 3.8) is 0 Å². The molecule has 0 aliphatic rings. The average molecular weight is 367 g/mol. The van der Waals surface area contributed by atoms with Crippen molar-refractivity contribution in [1.82, 2.24) is 15.1 Å². The third-order valence-corrected chi connectivity index (χ3v) is 4.43. The number of nitrogens with one attached hydrogen (secondary N) is 2. The number of rotatable bonds is 4. The van der Waals surface area contributed by atoms with Gasteiger partial charge in [-0.25, -0.2) is 4.98 Å². The summed E-state index contributed by atoms with van der Waals surface area (Å²) in [6.07, 6.45) is 4.91. The van der Waals surface area contributed by atoms with Crippen molar-refractivity contribution in [2.24, 2.45) is 0 Å². The molecular weight excluding hydrogens is 352 g/mol. The molecule has 4 rings (SSSR count). The molecule has 6 nitrogen and oxygen atoms in total. The van der Waals surface area contributed by atoms with Gasteiger partial charge >= 0.3 is 0 Å². The molecule has 3 heterocycles. The molecule has 0 fully saturated rings. The number of benzene rings is 1. The molecule has 0 aliphatic heterocycles. The molecule has 0 saturated heterocycles. The fourth-order valence-corrected chi connectivity index (χ4v) is 3.03. The number of halogens is 1. The zero-order valence-electron chi connectivity index (χ0n) is 13.9. The van der Waals surface area contributed by atoms with Crippen LogP contribution < -0.4 is 10.9 Å². The maximum atomic E-state index is 12.4. The van der Waals surface area contributed by atoms with Gasteiger partial charge in [-0.05, 0) is 48.9 Å². The summed E-state index contributed by atoms with van der Waals surface area (Å²) >= 11 is 6.06. The minimum Gasteiger partial charge on any atom is -0.364 e. The molecule has 3 aromatic heterocycles. The number of pyridine rings is 2. The lowest BCUT2D eigenvalue weighted by Crippen LogP contribution is -2.19. The molecule has 4 aromatic rings. The van der Waals surface area contributed by atoms with Gasteiger partial charge in [0, 0.05) is 33.2 Å². The Morgan fingerprint density at radius 1 is 1.19 bits per heavy atom. The molecule has 26 heavy (non-hydrogen) atoms. The van der Waals surface area contributed by atoms with Gasteiger partial charge < -0.3 is 14.8 Å². The molecule has 2 N–H and O–H groups in total. The Hall–Kier alpha value is -3.12. The molecule has 0 aliphatic carbocycles. The van der Waals surface area contributed by atoms with E-state index in [1.54, 1.807) is 30.8 Å². The first-order chi connectivity index (χ1) is 12.6. The van der Waals surface area contributed by atoms with Crippen molar-refractivity contribution >= 4 is 28.3 Å². The van der Waals surface area contributed by atoms with Gasteiger partial charge in [0.25, 0.3) is 5.56 Å². The summed E-state index contributed by atoms with van der Waals surface area (Å²) in [6, 6.07) is 10.7. The molecular formula is C19H15ClN4O2. The zero-order valence-corrected chi connectivity index (χ0v) is 14.6. The van der Waals surface area contributed by atoms with Crippen LogP contribution in [-0.4, -0.2) is 15.1 Å². The monoisotopic (exact) mass is 366 g/mol. The largest absolute Gasteiger partial charge is 0.364 e. The van der Waals surface area contributed by atoms with E-state index in [1.165, 1.54) is 0 Å². The van der Waals surface area contributed by atoms with Gasteiger partial charge in [-0.2, -0.15) is 0 Å². The van der Waals surface area contributed by atoms with Crippen LogP contribution >= 0.6 is 11.6 Å². The average Bonchev–Trinajstić information content (AvgIpc) is 3.16. The van der Waals surface area contributed by atoms with E-state index in [2.05, 4.69) is 20.4 Å². The number of hydrogen-bond acceptors (Lipinski definition) is 5. The standard InChI is InChI=1S/C19H15ClN4O2/c1-11(16-7-13-6-15(20)2-3-17(13)24-19(16)25)23-18-8-12(4-5-21-18)14-9-22-26-10-14/h2-11H,1H3,(H,21,23)(H,24,25)/t11-/m0/s1. The molecule has 0 spiro atoms. The van der Waals surface area contributed by atoms with Crippen LogP contribution in [0.5, 0.6) is 0 Å². The quantitative estimate of drug-likeness (QED) is 0.559. The predicted molar refractivity (Wildman–Crippen MR) is 101 cm³/mol. The topological polar surface area (TPSA) is 83.8 Å². The van der Waals surface area contributed by atoms with Crippen molar-refractivity contribution < 1.29 is 4.52 Å². The van der Waals surface area contributed by atoms with E-state index in [1.807, 2.05) is 31.2 Å². The van der Waals surface area contributed by atoms with Gasteiger partial charge in [0.1, 0.15) is 12.1 Å². The van der Waals surface area contributed by atoms with Crippen molar-refractivity contribution in [1.29, 1.82) is 0 Å². The molecule has 7 heteroatoms. The Kier molecular flexibility index (Phi) is 4.18. The predicted octanol–water partition coefficient (Wildman–Crippen LogP) is 4.40. The lowest BCUT2D eigenvalue weighted by molar-refractivity contribution is 0.420. The molecule has 0 amide bonds. The Balaban J connectivity index is 1.65. The third kappa shape index (κ3) is 3.19. The highest BCUT2D eigenvalue weighted by Crippen LogP contribution is 2.24. The lowest BCUT2D eigenvalue weighted by Gasteiger charge is -2.15. The number of fused-ring (bicyclic) bond motifs is 1. The van der Waals surface area contributed by atoms with Crippen molar-refractivity contribution in [3.8, 4) is 11.1 Å². The van der Waals surface area contributed by atoms with Crippen LogP contribution in [0, 0.1) is 0 Å². The second-order valence-corrected chi connectivity index (χ2v) is 6.43. The molecule has 0 radical (unpaired) electrons. The molecule has 1 atom stereocenters. The number of anilines is 1. The van der Waals surface area contributed by atoms with Crippen LogP contribution in [0.4, 0.5) is 5.82 Å². The minimum atomic E-state index is -0.243. The Morgan fingerprint density at radius 3 is 2.88 bits per heavy atom. The zero-order chi connectivity index (χ0) is 18.1. The van der Waals surface area contributed by atoms with E-state index in [-0.39, 0.29) is 11.6 Å². The first-order valence-corrected chi connectivity index (χ1v) is 8.43. The van der Waals surface area contributed by atoms with Crippen LogP contribution in [0.15, 0.2) is 64.4 Å². The molecule has 0 unspecified atom stereocenters. The van der Waals surface area contributed by atoms with Gasteiger partial charge in [0.2, 0.25) is 0 Å². The fraction of sp³-hybridized carbons (Fsp3) is 0.105. The summed E-state index contributed by atoms with van der Waals surface area (Å²) in [6.45, 7) is 1.91. The smallest absolute Gasteiger partial charge is 0.253 e. The van der Waals surface area contributed by atoms with Gasteiger partial charge in [0.15, 0.2) is 0 Å². The molecule has 0 bridgehead atoms. The summed E-state index contributed by atoms with van der Waals surface area (Å²) in [4.78, 5) is 19.6. The maximum Gasteiger partial charge on any atom is 0.253 e. The number of hydrogen-bond donors (Lipinski definition) is 2. The molecule has 1 aromatic carbocycles. The van der Waals surface area contributed by atoms with Crippen LogP contribution in [0.3, 0.4) is 0 Å². The van der Waals surface area contributed by atoms with Crippen LogP contribution in [0.2, 0.25) is 5.02 Å². The summed E-state index contributed by atoms with van der Waals surface area (Å²) < 4.78 is 4.88. The number of nitrogens with zero attached hydrogens (tertiary/aromatic N) is 2. The van der Waals surface area contributed by atoms with Crippen molar-refractivity contribution in [3.05, 3.63) is 76.0 Å². The highest BCUT2D eigenvalue weighted by atomic mass is 35.5. The van der Waals surface area contributed by atoms with Gasteiger partial charge in [0.05, 0.1) is 12.2 Å². The highest BCUT2D eigenvalue weighted by molar-refractivity contribution is 6.31. The van der Waals surface area contributed by atoms with E-state index in [4.69, 9.17) is 16.1 Å². The van der Waals surface area contributed by atoms with Gasteiger partial charge in [-0.3, -0.25) is 4.79 Å². The number of aromatic nitrogens is 3. The fourth-order valence-electron chi connectivity index (χ4n) is 2.85. The van der Waals surface area contributed by atoms with E-state index >= 15 is 0 Å². The maximum absolute atomic E-state index is 12.4. The Morgan fingerprint density at radius 2 is 2.08 bits per heavy atom. The summed E-state index contributed by atoms with van der Waals surface area (Å²) in [5.74, 6) is 0.654. The van der Waals surface area contributed by atoms with Crippen molar-refractivity contribution in [2.45, 2.75) is 13.0 Å². The van der Waals surface area contributed by atoms with Crippen LogP contribution in [0.25, 0.3) is 22.0 Å². The van der Waals surface area contributed by atoms with E-state index in [9.17, 15) is 4.79 Å². The minimum absolute atomic E-state index is 0.144.